The zero-order chi connectivity index (χ0) is 27.3. The zero-order valence-electron chi connectivity index (χ0n) is 22.8. The molecule has 0 spiro atoms. The topological polar surface area (TPSA) is 106 Å². The maximum absolute atomic E-state index is 6.27. The van der Waals surface area contributed by atoms with Crippen LogP contribution in [0.2, 0.25) is 0 Å². The third-order valence-electron chi connectivity index (χ3n) is 6.90. The molecule has 210 valence electrons. The average molecular weight is 570 g/mol. The number of anilines is 1. The van der Waals surface area contributed by atoms with Gasteiger partial charge >= 0.3 is 0 Å². The largest absolute Gasteiger partial charge is 0.487 e. The molecule has 0 fully saturated rings. The van der Waals surface area contributed by atoms with Crippen LogP contribution in [0, 0.1) is 0 Å². The molecule has 0 aliphatic carbocycles. The van der Waals surface area contributed by atoms with Crippen molar-refractivity contribution in [3.63, 3.8) is 0 Å². The van der Waals surface area contributed by atoms with E-state index >= 15 is 0 Å². The summed E-state index contributed by atoms with van der Waals surface area (Å²) in [4.78, 5) is 9.16. The van der Waals surface area contributed by atoms with Crippen LogP contribution >= 0.6 is 12.4 Å². The number of rotatable bonds is 11. The summed E-state index contributed by atoms with van der Waals surface area (Å²) in [6.45, 7) is 4.22. The maximum Gasteiger partial charge on any atom is 0.152 e. The van der Waals surface area contributed by atoms with Crippen molar-refractivity contribution < 1.29 is 9.47 Å². The van der Waals surface area contributed by atoms with Gasteiger partial charge in [0.2, 0.25) is 0 Å². The number of benzene rings is 3. The molecule has 3 aromatic heterocycles. The number of aromatic nitrogens is 6. The van der Waals surface area contributed by atoms with Crippen molar-refractivity contribution in [2.75, 3.05) is 18.9 Å². The number of imidazole rings is 1. The van der Waals surface area contributed by atoms with Crippen LogP contribution in [0.5, 0.6) is 5.75 Å². The Morgan fingerprint density at radius 3 is 2.51 bits per heavy atom. The molecule has 6 aromatic rings. The summed E-state index contributed by atoms with van der Waals surface area (Å²) in [6.07, 6.45) is 4.53. The second-order valence-corrected chi connectivity index (χ2v) is 9.71. The van der Waals surface area contributed by atoms with Gasteiger partial charge in [-0.1, -0.05) is 65.9 Å². The molecule has 1 atom stereocenters. The third kappa shape index (κ3) is 6.32. The van der Waals surface area contributed by atoms with Crippen LogP contribution in [-0.4, -0.2) is 42.7 Å². The van der Waals surface area contributed by atoms with E-state index in [2.05, 4.69) is 55.2 Å². The van der Waals surface area contributed by atoms with Gasteiger partial charge < -0.3 is 19.8 Å². The lowest BCUT2D eigenvalue weighted by atomic mass is 10.1. The highest BCUT2D eigenvalue weighted by molar-refractivity contribution is 6.06. The molecule has 3 heterocycles. The highest BCUT2D eigenvalue weighted by Crippen LogP contribution is 2.30. The Morgan fingerprint density at radius 1 is 0.927 bits per heavy atom. The van der Waals surface area contributed by atoms with Gasteiger partial charge in [0.25, 0.3) is 0 Å². The fourth-order valence-electron chi connectivity index (χ4n) is 4.94. The van der Waals surface area contributed by atoms with Gasteiger partial charge in [0.1, 0.15) is 23.6 Å². The number of pyridine rings is 1. The molecule has 3 aromatic carbocycles. The Labute approximate surface area is 244 Å². The second-order valence-electron chi connectivity index (χ2n) is 9.71. The first-order chi connectivity index (χ1) is 19.7. The summed E-state index contributed by atoms with van der Waals surface area (Å²) >= 11 is 0. The molecule has 0 aliphatic heterocycles. The van der Waals surface area contributed by atoms with Gasteiger partial charge in [0, 0.05) is 12.0 Å². The minimum Gasteiger partial charge on any atom is -0.487 e. The maximum atomic E-state index is 6.27. The fourth-order valence-corrected chi connectivity index (χ4v) is 4.94. The minimum atomic E-state index is 0. The van der Waals surface area contributed by atoms with Gasteiger partial charge in [-0.05, 0) is 42.7 Å². The molecule has 10 heteroatoms. The van der Waals surface area contributed by atoms with Gasteiger partial charge in [-0.3, -0.25) is 0 Å². The summed E-state index contributed by atoms with van der Waals surface area (Å²) in [5.41, 5.74) is 11.9. The smallest absolute Gasteiger partial charge is 0.152 e. The third-order valence-corrected chi connectivity index (χ3v) is 6.90. The summed E-state index contributed by atoms with van der Waals surface area (Å²) in [5.74, 6) is 1.21. The Kier molecular flexibility index (Phi) is 8.76. The number of nitrogens with zero attached hydrogens (tertiary/aromatic N) is 6. The molecule has 2 N–H and O–H groups in total. The molecule has 0 saturated heterocycles. The average Bonchev–Trinajstić information content (AvgIpc) is 3.63. The van der Waals surface area contributed by atoms with Crippen LogP contribution in [0.3, 0.4) is 0 Å². The Morgan fingerprint density at radius 2 is 1.71 bits per heavy atom. The summed E-state index contributed by atoms with van der Waals surface area (Å²) in [7, 11) is 0. The molecule has 0 aliphatic rings. The molecular formula is C31H32ClN7O2. The summed E-state index contributed by atoms with van der Waals surface area (Å²) in [5, 5.41) is 9.49. The first-order valence-electron chi connectivity index (χ1n) is 13.4. The van der Waals surface area contributed by atoms with Crippen LogP contribution in [0.25, 0.3) is 21.9 Å². The normalized spacial score (nSPS) is 11.9. The minimum absolute atomic E-state index is 0. The molecule has 0 amide bonds. The van der Waals surface area contributed by atoms with Crippen molar-refractivity contribution in [2.45, 2.75) is 32.5 Å². The van der Waals surface area contributed by atoms with Crippen molar-refractivity contribution >= 4 is 40.2 Å². The van der Waals surface area contributed by atoms with Crippen molar-refractivity contribution in [3.8, 4) is 5.75 Å². The van der Waals surface area contributed by atoms with E-state index in [4.69, 9.17) is 15.2 Å². The fraction of sp³-hybridized carbons (Fsp3) is 0.226. The predicted molar refractivity (Wildman–Crippen MR) is 162 cm³/mol. The van der Waals surface area contributed by atoms with Crippen LogP contribution in [0.4, 0.5) is 5.82 Å². The molecule has 0 unspecified atom stereocenters. The molecule has 0 radical (unpaired) electrons. The standard InChI is InChI=1S/C31H31N7O2.ClH/c1-2-39-20-25(38-21-33-29-30(38)27-10-6-7-11-28(27)34-31(29)32)16-22-12-14-26(15-13-22)40-19-24-18-37(36-35-24)17-23-8-4-3-5-9-23;/h3-15,18,21,25H,2,16-17,19-20H2,1H3,(H2,32,34);1H/t25-;/m0./s1. The highest BCUT2D eigenvalue weighted by atomic mass is 35.5. The van der Waals surface area contributed by atoms with E-state index in [0.717, 1.165) is 34.3 Å². The first-order valence-corrected chi connectivity index (χ1v) is 13.4. The summed E-state index contributed by atoms with van der Waals surface area (Å²) < 4.78 is 15.9. The van der Waals surface area contributed by atoms with Crippen molar-refractivity contribution in [2.24, 2.45) is 0 Å². The van der Waals surface area contributed by atoms with Crippen molar-refractivity contribution in [3.05, 3.63) is 108 Å². The van der Waals surface area contributed by atoms with Crippen LogP contribution < -0.4 is 10.5 Å². The van der Waals surface area contributed by atoms with Gasteiger partial charge in [0.15, 0.2) is 5.82 Å². The number of nitrogen functional groups attached to an aromatic ring is 1. The van der Waals surface area contributed by atoms with Gasteiger partial charge in [0.05, 0.1) is 42.8 Å². The Bertz CT molecular complexity index is 1720. The van der Waals surface area contributed by atoms with E-state index in [1.54, 1.807) is 0 Å². The number of hydrogen-bond donors (Lipinski definition) is 1. The molecule has 9 nitrogen and oxygen atoms in total. The number of ether oxygens (including phenoxy) is 2. The monoisotopic (exact) mass is 569 g/mol. The lowest BCUT2D eigenvalue weighted by molar-refractivity contribution is 0.114. The zero-order valence-corrected chi connectivity index (χ0v) is 23.6. The summed E-state index contributed by atoms with van der Waals surface area (Å²) in [6, 6.07) is 26.4. The van der Waals surface area contributed by atoms with E-state index in [1.165, 1.54) is 11.1 Å². The number of halogens is 1. The van der Waals surface area contributed by atoms with E-state index < -0.39 is 0 Å². The first kappa shape index (κ1) is 28.1. The molecule has 41 heavy (non-hydrogen) atoms. The predicted octanol–water partition coefficient (Wildman–Crippen LogP) is 5.63. The highest BCUT2D eigenvalue weighted by Gasteiger charge is 2.19. The Hall–Kier alpha value is -4.47. The van der Waals surface area contributed by atoms with E-state index in [9.17, 15) is 0 Å². The number of nitrogens with two attached hydrogens (primary N) is 1. The molecule has 0 bridgehead atoms. The lowest BCUT2D eigenvalue weighted by Crippen LogP contribution is -2.18. The van der Waals surface area contributed by atoms with Crippen LogP contribution in [0.15, 0.2) is 91.4 Å². The number of para-hydroxylation sites is 1. The van der Waals surface area contributed by atoms with Crippen molar-refractivity contribution in [1.29, 1.82) is 0 Å². The Balaban J connectivity index is 0.00000337. The van der Waals surface area contributed by atoms with E-state index in [0.29, 0.717) is 37.7 Å². The van der Waals surface area contributed by atoms with Gasteiger partial charge in [-0.15, -0.1) is 17.5 Å². The second kappa shape index (κ2) is 12.8. The van der Waals surface area contributed by atoms with Gasteiger partial charge in [-0.2, -0.15) is 0 Å². The molecular weight excluding hydrogens is 538 g/mol. The van der Waals surface area contributed by atoms with Crippen LogP contribution in [-0.2, 0) is 24.3 Å². The SMILES string of the molecule is CCOC[C@H](Cc1ccc(OCc2cn(Cc3ccccc3)nn2)cc1)n1cnc2c(N)nc3ccccc3c21.Cl. The van der Waals surface area contributed by atoms with Gasteiger partial charge in [-0.25, -0.2) is 14.6 Å². The van der Waals surface area contributed by atoms with E-state index in [1.807, 2.05) is 72.7 Å². The molecule has 6 rings (SSSR count). The number of fused-ring (bicyclic) bond motifs is 3. The van der Waals surface area contributed by atoms with E-state index in [-0.39, 0.29) is 18.4 Å². The van der Waals surface area contributed by atoms with Crippen molar-refractivity contribution in [1.82, 2.24) is 29.5 Å². The lowest BCUT2D eigenvalue weighted by Gasteiger charge is -2.20. The number of hydrogen-bond acceptors (Lipinski definition) is 7. The quantitative estimate of drug-likeness (QED) is 0.215. The molecule has 0 saturated carbocycles. The van der Waals surface area contributed by atoms with Crippen LogP contribution in [0.1, 0.15) is 29.8 Å².